The Kier molecular flexibility index (Phi) is 6.20. The summed E-state index contributed by atoms with van der Waals surface area (Å²) in [4.78, 5) is 27.0. The molecule has 1 heterocycles. The van der Waals surface area contributed by atoms with Crippen LogP contribution in [-0.2, 0) is 9.59 Å². The first kappa shape index (κ1) is 20.8. The van der Waals surface area contributed by atoms with Gasteiger partial charge in [0.15, 0.2) is 0 Å². The van der Waals surface area contributed by atoms with Crippen LogP contribution < -0.4 is 15.0 Å². The van der Waals surface area contributed by atoms with Crippen molar-refractivity contribution in [2.45, 2.75) is 39.7 Å². The van der Waals surface area contributed by atoms with Gasteiger partial charge >= 0.3 is 0 Å². The largest absolute Gasteiger partial charge is 0.490 e. The fourth-order valence-electron chi connectivity index (χ4n) is 3.47. The Hall–Kier alpha value is -2.89. The zero-order valence-electron chi connectivity index (χ0n) is 17.1. The van der Waals surface area contributed by atoms with Crippen molar-refractivity contribution in [2.75, 3.05) is 18.1 Å². The van der Waals surface area contributed by atoms with Crippen LogP contribution in [0, 0.1) is 11.2 Å². The highest BCUT2D eigenvalue weighted by Crippen LogP contribution is 2.33. The fraction of sp³-hybridized carbons (Fsp3) is 0.391. The van der Waals surface area contributed by atoms with Crippen LogP contribution >= 0.6 is 0 Å². The van der Waals surface area contributed by atoms with E-state index in [1.165, 1.54) is 12.1 Å². The van der Waals surface area contributed by atoms with E-state index in [-0.39, 0.29) is 41.9 Å². The number of anilines is 1. The Balaban J connectivity index is 1.62. The van der Waals surface area contributed by atoms with Crippen LogP contribution in [0.2, 0.25) is 0 Å². The van der Waals surface area contributed by atoms with Crippen molar-refractivity contribution in [1.29, 1.82) is 0 Å². The average Bonchev–Trinajstić information content (AvgIpc) is 2.70. The predicted octanol–water partition coefficient (Wildman–Crippen LogP) is 4.23. The van der Waals surface area contributed by atoms with Crippen molar-refractivity contribution in [1.82, 2.24) is 5.32 Å². The second-order valence-corrected chi connectivity index (χ2v) is 8.28. The zero-order valence-corrected chi connectivity index (χ0v) is 17.1. The van der Waals surface area contributed by atoms with Gasteiger partial charge in [-0.25, -0.2) is 4.39 Å². The summed E-state index contributed by atoms with van der Waals surface area (Å²) in [6, 6.07) is 13.3. The summed E-state index contributed by atoms with van der Waals surface area (Å²) >= 11 is 0. The molecule has 1 aliphatic heterocycles. The topological polar surface area (TPSA) is 58.6 Å². The van der Waals surface area contributed by atoms with Crippen molar-refractivity contribution in [2.24, 2.45) is 5.41 Å². The van der Waals surface area contributed by atoms with Crippen molar-refractivity contribution in [3.63, 3.8) is 0 Å². The van der Waals surface area contributed by atoms with Crippen molar-refractivity contribution in [3.8, 4) is 5.75 Å². The number of para-hydroxylation sites is 2. The van der Waals surface area contributed by atoms with E-state index in [1.807, 2.05) is 45.0 Å². The molecule has 0 spiro atoms. The third-order valence-electron chi connectivity index (χ3n) is 4.97. The summed E-state index contributed by atoms with van der Waals surface area (Å²) in [6.07, 6.45) is 0.201. The van der Waals surface area contributed by atoms with Crippen LogP contribution in [0.15, 0.2) is 48.5 Å². The number of carbonyl (C=O) groups excluding carboxylic acids is 2. The molecule has 154 valence electrons. The molecule has 0 saturated carbocycles. The van der Waals surface area contributed by atoms with E-state index >= 15 is 0 Å². The molecule has 2 aromatic rings. The molecule has 29 heavy (non-hydrogen) atoms. The number of hydrogen-bond acceptors (Lipinski definition) is 3. The van der Waals surface area contributed by atoms with Crippen LogP contribution in [-0.4, -0.2) is 25.0 Å². The fourth-order valence-corrected chi connectivity index (χ4v) is 3.47. The molecule has 0 bridgehead atoms. The summed E-state index contributed by atoms with van der Waals surface area (Å²) in [6.45, 7) is 6.94. The Morgan fingerprint density at radius 1 is 1.10 bits per heavy atom. The van der Waals surface area contributed by atoms with E-state index in [4.69, 9.17) is 4.74 Å². The minimum Gasteiger partial charge on any atom is -0.490 e. The Morgan fingerprint density at radius 2 is 1.79 bits per heavy atom. The van der Waals surface area contributed by atoms with Gasteiger partial charge in [-0.3, -0.25) is 9.59 Å². The van der Waals surface area contributed by atoms with E-state index < -0.39 is 0 Å². The number of nitrogens with zero attached hydrogens (tertiary/aromatic N) is 1. The van der Waals surface area contributed by atoms with E-state index in [0.29, 0.717) is 18.9 Å². The van der Waals surface area contributed by atoms with Gasteiger partial charge in [-0.05, 0) is 35.2 Å². The second-order valence-electron chi connectivity index (χ2n) is 8.28. The lowest BCUT2D eigenvalue weighted by atomic mass is 9.82. The zero-order chi connectivity index (χ0) is 21.0. The lowest BCUT2D eigenvalue weighted by Crippen LogP contribution is -2.40. The number of nitrogens with one attached hydrogen (secondary N) is 1. The summed E-state index contributed by atoms with van der Waals surface area (Å²) in [7, 11) is 0. The Labute approximate surface area is 170 Å². The highest BCUT2D eigenvalue weighted by molar-refractivity contribution is 5.97. The number of benzene rings is 2. The van der Waals surface area contributed by atoms with Crippen molar-refractivity contribution < 1.29 is 18.7 Å². The monoisotopic (exact) mass is 398 g/mol. The Bertz CT molecular complexity index is 874. The van der Waals surface area contributed by atoms with E-state index in [0.717, 1.165) is 11.3 Å². The number of rotatable bonds is 5. The van der Waals surface area contributed by atoms with Gasteiger partial charge in [-0.1, -0.05) is 45.0 Å². The van der Waals surface area contributed by atoms with Crippen LogP contribution in [0.25, 0.3) is 0 Å². The van der Waals surface area contributed by atoms with Crippen LogP contribution in [0.5, 0.6) is 5.75 Å². The summed E-state index contributed by atoms with van der Waals surface area (Å²) in [5.41, 5.74) is 1.31. The number of hydrogen-bond donors (Lipinski definition) is 1. The maximum Gasteiger partial charge on any atom is 0.227 e. The van der Waals surface area contributed by atoms with Gasteiger partial charge in [0.25, 0.3) is 0 Å². The standard InChI is InChI=1S/C23H27FN2O3/c1-23(2,3)22(16-8-10-17(24)11-9-16)25-20(27)12-13-21(28)26-14-15-29-19-7-5-4-6-18(19)26/h4-11,22H,12-15H2,1-3H3,(H,25,27). The van der Waals surface area contributed by atoms with Crippen molar-refractivity contribution >= 4 is 17.5 Å². The smallest absolute Gasteiger partial charge is 0.227 e. The van der Waals surface area contributed by atoms with Gasteiger partial charge in [-0.15, -0.1) is 0 Å². The van der Waals surface area contributed by atoms with E-state index in [1.54, 1.807) is 17.0 Å². The predicted molar refractivity (Wildman–Crippen MR) is 110 cm³/mol. The molecule has 2 amide bonds. The number of fused-ring (bicyclic) bond motifs is 1. The Morgan fingerprint density at radius 3 is 2.48 bits per heavy atom. The molecule has 0 radical (unpaired) electrons. The molecule has 1 N–H and O–H groups in total. The first-order chi connectivity index (χ1) is 13.8. The molecule has 1 atom stereocenters. The third kappa shape index (κ3) is 5.13. The minimum atomic E-state index is -0.316. The first-order valence-electron chi connectivity index (χ1n) is 9.83. The molecule has 5 nitrogen and oxygen atoms in total. The highest BCUT2D eigenvalue weighted by atomic mass is 19.1. The maximum absolute atomic E-state index is 13.3. The summed E-state index contributed by atoms with van der Waals surface area (Å²) in [5, 5.41) is 3.01. The van der Waals surface area contributed by atoms with Crippen molar-refractivity contribution in [3.05, 3.63) is 59.9 Å². The second kappa shape index (κ2) is 8.64. The van der Waals surface area contributed by atoms with Gasteiger partial charge in [0.05, 0.1) is 18.3 Å². The number of halogens is 1. The first-order valence-corrected chi connectivity index (χ1v) is 9.83. The summed E-state index contributed by atoms with van der Waals surface area (Å²) < 4.78 is 18.8. The molecule has 0 aliphatic carbocycles. The normalized spacial score (nSPS) is 14.6. The third-order valence-corrected chi connectivity index (χ3v) is 4.97. The molecule has 0 aromatic heterocycles. The van der Waals surface area contributed by atoms with Crippen LogP contribution in [0.4, 0.5) is 10.1 Å². The molecule has 6 heteroatoms. The molecule has 0 saturated heterocycles. The number of amides is 2. The van der Waals surface area contributed by atoms with Gasteiger partial charge in [0, 0.05) is 12.8 Å². The van der Waals surface area contributed by atoms with Gasteiger partial charge in [0.1, 0.15) is 18.2 Å². The number of ether oxygens (including phenoxy) is 1. The summed E-state index contributed by atoms with van der Waals surface area (Å²) in [5.74, 6) is 0.0546. The van der Waals surface area contributed by atoms with E-state index in [9.17, 15) is 14.0 Å². The number of carbonyl (C=O) groups is 2. The lowest BCUT2D eigenvalue weighted by molar-refractivity contribution is -0.126. The minimum absolute atomic E-state index is 0.0894. The molecule has 1 aliphatic rings. The molecule has 1 unspecified atom stereocenters. The molecular formula is C23H27FN2O3. The quantitative estimate of drug-likeness (QED) is 0.820. The molecule has 0 fully saturated rings. The lowest BCUT2D eigenvalue weighted by Gasteiger charge is -2.32. The van der Waals surface area contributed by atoms with Gasteiger partial charge < -0.3 is 15.0 Å². The van der Waals surface area contributed by atoms with Crippen LogP contribution in [0.1, 0.15) is 45.2 Å². The molecule has 3 rings (SSSR count). The molecule has 2 aromatic carbocycles. The average molecular weight is 398 g/mol. The maximum atomic E-state index is 13.3. The van der Waals surface area contributed by atoms with Crippen LogP contribution in [0.3, 0.4) is 0 Å². The SMILES string of the molecule is CC(C)(C)C(NC(=O)CCC(=O)N1CCOc2ccccc21)c1ccc(F)cc1. The van der Waals surface area contributed by atoms with Gasteiger partial charge in [-0.2, -0.15) is 0 Å². The highest BCUT2D eigenvalue weighted by Gasteiger charge is 2.29. The molecular weight excluding hydrogens is 371 g/mol. The van der Waals surface area contributed by atoms with E-state index in [2.05, 4.69) is 5.32 Å². The van der Waals surface area contributed by atoms with Gasteiger partial charge in [0.2, 0.25) is 11.8 Å².